The van der Waals surface area contributed by atoms with Crippen LogP contribution in [0.2, 0.25) is 0 Å². The third-order valence-electron chi connectivity index (χ3n) is 7.57. The van der Waals surface area contributed by atoms with Gasteiger partial charge in [-0.1, -0.05) is 12.1 Å². The minimum Gasteiger partial charge on any atom is -0.444 e. The number of hydrogen-bond donors (Lipinski definition) is 2. The zero-order chi connectivity index (χ0) is 32.4. The molecule has 6 rings (SSSR count). The molecule has 0 unspecified atom stereocenters. The number of carbonyl (C=O) groups excluding carboxylic acids is 1. The van der Waals surface area contributed by atoms with Crippen molar-refractivity contribution in [1.29, 1.82) is 0 Å². The number of nitrogens with zero attached hydrogens (tertiary/aromatic N) is 6. The molecule has 0 saturated carbocycles. The standard InChI is InChI=1S/C34H37FN8O3/c1-21-10-11-23-24(12-13-26(35)29(23)40-28-15-19-42(5)41-28)30(21)45-31-25(9-6-16-36-31)27-14-17-37-32(39-27)38-22-8-7-18-43(20-22)33(44)46-34(2,3)4/h6,9-17,19,22H,7-8,18,20H2,1-5H3,(H,40,41)(H,37,38,39)/t22-/m0/s1. The highest BCUT2D eigenvalue weighted by Crippen LogP contribution is 2.40. The Morgan fingerprint density at radius 1 is 1.04 bits per heavy atom. The predicted molar refractivity (Wildman–Crippen MR) is 175 cm³/mol. The average molecular weight is 625 g/mol. The van der Waals surface area contributed by atoms with E-state index in [9.17, 15) is 4.79 Å². The lowest BCUT2D eigenvalue weighted by atomic mass is 10.0. The van der Waals surface area contributed by atoms with E-state index in [-0.39, 0.29) is 12.1 Å². The second-order valence-electron chi connectivity index (χ2n) is 12.4. The van der Waals surface area contributed by atoms with Crippen molar-refractivity contribution in [2.75, 3.05) is 23.7 Å². The molecule has 1 saturated heterocycles. The number of aryl methyl sites for hydroxylation is 2. The van der Waals surface area contributed by atoms with Gasteiger partial charge in [-0.15, -0.1) is 0 Å². The SMILES string of the molecule is Cc1ccc2c(Nc3ccn(C)n3)c(F)ccc2c1Oc1ncccc1-c1ccnc(N[C@H]2CCCN(C(=O)OC(C)(C)C)C2)n1. The number of anilines is 3. The lowest BCUT2D eigenvalue weighted by Gasteiger charge is -2.34. The van der Waals surface area contributed by atoms with Gasteiger partial charge < -0.3 is 25.0 Å². The van der Waals surface area contributed by atoms with Crippen molar-refractivity contribution in [1.82, 2.24) is 29.6 Å². The number of nitrogens with one attached hydrogen (secondary N) is 2. The van der Waals surface area contributed by atoms with E-state index in [1.54, 1.807) is 53.4 Å². The molecule has 11 nitrogen and oxygen atoms in total. The molecule has 2 aromatic carbocycles. The molecule has 46 heavy (non-hydrogen) atoms. The zero-order valence-electron chi connectivity index (χ0n) is 26.5. The Morgan fingerprint density at radius 3 is 2.65 bits per heavy atom. The van der Waals surface area contributed by atoms with Crippen LogP contribution in [0.3, 0.4) is 0 Å². The van der Waals surface area contributed by atoms with Gasteiger partial charge in [-0.05, 0) is 76.4 Å². The van der Waals surface area contributed by atoms with Gasteiger partial charge in [-0.3, -0.25) is 4.68 Å². The van der Waals surface area contributed by atoms with Crippen molar-refractivity contribution in [3.05, 3.63) is 78.5 Å². The van der Waals surface area contributed by atoms with Crippen LogP contribution in [0.1, 0.15) is 39.2 Å². The van der Waals surface area contributed by atoms with Crippen LogP contribution in [0, 0.1) is 12.7 Å². The number of carbonyl (C=O) groups is 1. The Balaban J connectivity index is 1.26. The first-order valence-corrected chi connectivity index (χ1v) is 15.2. The fourth-order valence-electron chi connectivity index (χ4n) is 5.44. The number of aromatic nitrogens is 5. The molecule has 0 radical (unpaired) electrons. The summed E-state index contributed by atoms with van der Waals surface area (Å²) < 4.78 is 28.8. The van der Waals surface area contributed by atoms with E-state index in [2.05, 4.69) is 25.7 Å². The van der Waals surface area contributed by atoms with Crippen LogP contribution in [-0.4, -0.2) is 60.5 Å². The minimum atomic E-state index is -0.558. The van der Waals surface area contributed by atoms with E-state index < -0.39 is 11.4 Å². The summed E-state index contributed by atoms with van der Waals surface area (Å²) in [6, 6.07) is 14.1. The van der Waals surface area contributed by atoms with Gasteiger partial charge in [0, 0.05) is 61.6 Å². The summed E-state index contributed by atoms with van der Waals surface area (Å²) in [5.74, 6) is 1.46. The van der Waals surface area contributed by atoms with E-state index in [1.165, 1.54) is 6.07 Å². The highest BCUT2D eigenvalue weighted by molar-refractivity contribution is 6.00. The highest BCUT2D eigenvalue weighted by atomic mass is 19.1. The van der Waals surface area contributed by atoms with Crippen molar-refractivity contribution in [2.45, 2.75) is 52.2 Å². The normalized spacial score (nSPS) is 15.1. The Hall–Kier alpha value is -5.26. The smallest absolute Gasteiger partial charge is 0.410 e. The van der Waals surface area contributed by atoms with Gasteiger partial charge in [0.1, 0.15) is 17.2 Å². The number of ether oxygens (including phenoxy) is 2. The summed E-state index contributed by atoms with van der Waals surface area (Å²) in [7, 11) is 1.80. The summed E-state index contributed by atoms with van der Waals surface area (Å²) in [6.07, 6.45) is 6.50. The largest absolute Gasteiger partial charge is 0.444 e. The summed E-state index contributed by atoms with van der Waals surface area (Å²) >= 11 is 0. The third kappa shape index (κ3) is 6.85. The van der Waals surface area contributed by atoms with Crippen LogP contribution in [0.5, 0.6) is 11.6 Å². The van der Waals surface area contributed by atoms with Crippen LogP contribution >= 0.6 is 0 Å². The van der Waals surface area contributed by atoms with Gasteiger partial charge in [-0.2, -0.15) is 5.10 Å². The van der Waals surface area contributed by atoms with Crippen molar-refractivity contribution in [3.63, 3.8) is 0 Å². The monoisotopic (exact) mass is 624 g/mol. The molecule has 2 N–H and O–H groups in total. The van der Waals surface area contributed by atoms with Gasteiger partial charge in [-0.25, -0.2) is 24.1 Å². The lowest BCUT2D eigenvalue weighted by molar-refractivity contribution is 0.0206. The van der Waals surface area contributed by atoms with Crippen molar-refractivity contribution in [2.24, 2.45) is 7.05 Å². The number of benzene rings is 2. The van der Waals surface area contributed by atoms with E-state index in [1.807, 2.05) is 52.0 Å². The van der Waals surface area contributed by atoms with E-state index in [0.717, 1.165) is 18.4 Å². The van der Waals surface area contributed by atoms with E-state index in [0.29, 0.717) is 64.2 Å². The molecule has 1 atom stereocenters. The van der Waals surface area contributed by atoms with E-state index >= 15 is 4.39 Å². The fourth-order valence-corrected chi connectivity index (χ4v) is 5.44. The van der Waals surface area contributed by atoms with Gasteiger partial charge in [0.25, 0.3) is 0 Å². The van der Waals surface area contributed by atoms with Gasteiger partial charge in [0.15, 0.2) is 5.82 Å². The van der Waals surface area contributed by atoms with Crippen LogP contribution in [0.4, 0.5) is 26.6 Å². The molecule has 1 aliphatic heterocycles. The number of likely N-dealkylation sites (tertiary alicyclic amines) is 1. The van der Waals surface area contributed by atoms with Gasteiger partial charge in [0.05, 0.1) is 16.9 Å². The molecule has 1 fully saturated rings. The molecule has 0 aliphatic carbocycles. The van der Waals surface area contributed by atoms with Crippen molar-refractivity contribution in [3.8, 4) is 22.9 Å². The molecule has 0 bridgehead atoms. The number of piperidine rings is 1. The number of fused-ring (bicyclic) bond motifs is 1. The molecule has 12 heteroatoms. The molecule has 4 heterocycles. The topological polar surface area (TPSA) is 119 Å². The number of hydrogen-bond acceptors (Lipinski definition) is 9. The first-order chi connectivity index (χ1) is 22.0. The molecule has 5 aromatic rings. The number of amides is 1. The number of rotatable bonds is 7. The zero-order valence-corrected chi connectivity index (χ0v) is 26.5. The van der Waals surface area contributed by atoms with Crippen LogP contribution in [-0.2, 0) is 11.8 Å². The maximum absolute atomic E-state index is 15.1. The molecular formula is C34H37FN8O3. The first kappa shape index (κ1) is 30.8. The summed E-state index contributed by atoms with van der Waals surface area (Å²) in [6.45, 7) is 8.65. The fraction of sp³-hybridized carbons (Fsp3) is 0.324. The third-order valence-corrected chi connectivity index (χ3v) is 7.57. The van der Waals surface area contributed by atoms with Crippen LogP contribution in [0.25, 0.3) is 22.0 Å². The van der Waals surface area contributed by atoms with Gasteiger partial charge in [0.2, 0.25) is 11.8 Å². The van der Waals surface area contributed by atoms with Crippen molar-refractivity contribution < 1.29 is 18.7 Å². The van der Waals surface area contributed by atoms with Crippen molar-refractivity contribution >= 4 is 34.3 Å². The summed E-state index contributed by atoms with van der Waals surface area (Å²) in [5.41, 5.74) is 1.88. The average Bonchev–Trinajstić information content (AvgIpc) is 3.44. The molecular weight excluding hydrogens is 587 g/mol. The maximum Gasteiger partial charge on any atom is 0.410 e. The molecule has 1 aliphatic rings. The molecule has 1 amide bonds. The summed E-state index contributed by atoms with van der Waals surface area (Å²) in [5, 5.41) is 12.2. The second-order valence-corrected chi connectivity index (χ2v) is 12.4. The van der Waals surface area contributed by atoms with E-state index in [4.69, 9.17) is 14.5 Å². The van der Waals surface area contributed by atoms with Crippen LogP contribution in [0.15, 0.2) is 67.1 Å². The Morgan fingerprint density at radius 2 is 1.87 bits per heavy atom. The van der Waals surface area contributed by atoms with Gasteiger partial charge >= 0.3 is 6.09 Å². The molecule has 3 aromatic heterocycles. The maximum atomic E-state index is 15.1. The number of pyridine rings is 1. The number of halogens is 1. The lowest BCUT2D eigenvalue weighted by Crippen LogP contribution is -2.47. The molecule has 0 spiro atoms. The second kappa shape index (κ2) is 12.6. The Bertz CT molecular complexity index is 1890. The molecule has 238 valence electrons. The summed E-state index contributed by atoms with van der Waals surface area (Å²) in [4.78, 5) is 28.2. The van der Waals surface area contributed by atoms with Crippen LogP contribution < -0.4 is 15.4 Å². The Kier molecular flexibility index (Phi) is 8.44. The first-order valence-electron chi connectivity index (χ1n) is 15.2. The minimum absolute atomic E-state index is 0.0336. The predicted octanol–water partition coefficient (Wildman–Crippen LogP) is 7.22. The highest BCUT2D eigenvalue weighted by Gasteiger charge is 2.28. The quantitative estimate of drug-likeness (QED) is 0.193. The Labute approximate surface area is 266 Å².